The Labute approximate surface area is 170 Å². The van der Waals surface area contributed by atoms with E-state index in [-0.39, 0.29) is 11.9 Å². The molecule has 4 rings (SSSR count). The first-order valence-corrected chi connectivity index (χ1v) is 9.85. The third-order valence-electron chi connectivity index (χ3n) is 5.47. The fourth-order valence-electron chi connectivity index (χ4n) is 3.86. The van der Waals surface area contributed by atoms with Gasteiger partial charge in [0.15, 0.2) is 0 Å². The molecule has 1 amide bonds. The highest BCUT2D eigenvalue weighted by Crippen LogP contribution is 2.32. The van der Waals surface area contributed by atoms with Crippen molar-refractivity contribution in [2.75, 3.05) is 5.73 Å². The molecule has 6 heteroatoms. The molecule has 0 bridgehead atoms. The number of hydrogen-bond donors (Lipinski definition) is 2. The molecule has 0 aliphatic heterocycles. The first-order chi connectivity index (χ1) is 14.0. The monoisotopic (exact) mass is 391 g/mol. The number of anilines is 1. The Morgan fingerprint density at radius 1 is 1.28 bits per heavy atom. The summed E-state index contributed by atoms with van der Waals surface area (Å²) in [5, 5.41) is 7.12. The minimum absolute atomic E-state index is 0.0255. The summed E-state index contributed by atoms with van der Waals surface area (Å²) in [5.74, 6) is 1.12. The number of para-hydroxylation sites is 1. The molecule has 0 saturated carbocycles. The molecule has 6 nitrogen and oxygen atoms in total. The molecule has 1 heterocycles. The minimum Gasteiger partial charge on any atom is -0.488 e. The predicted octanol–water partition coefficient (Wildman–Crippen LogP) is 4.26. The van der Waals surface area contributed by atoms with Crippen LogP contribution in [0.2, 0.25) is 0 Å². The lowest BCUT2D eigenvalue weighted by molar-refractivity contribution is 0.0928. The minimum atomic E-state index is -0.144. The average molecular weight is 391 g/mol. The summed E-state index contributed by atoms with van der Waals surface area (Å²) in [6.45, 7) is 4.03. The van der Waals surface area contributed by atoms with Crippen LogP contribution in [0.1, 0.15) is 57.4 Å². The SMILES string of the molecule is Cc1noc(C)c1COc1ccccc1C(=O)NC1CCCc2cc(N)ccc21. The van der Waals surface area contributed by atoms with Crippen LogP contribution in [0.3, 0.4) is 0 Å². The van der Waals surface area contributed by atoms with E-state index in [2.05, 4.69) is 10.5 Å². The smallest absolute Gasteiger partial charge is 0.255 e. The van der Waals surface area contributed by atoms with Gasteiger partial charge in [-0.1, -0.05) is 23.4 Å². The molecule has 2 aromatic carbocycles. The second-order valence-corrected chi connectivity index (χ2v) is 7.46. The van der Waals surface area contributed by atoms with E-state index in [1.54, 1.807) is 6.07 Å². The molecule has 1 unspecified atom stereocenters. The second kappa shape index (κ2) is 7.99. The summed E-state index contributed by atoms with van der Waals surface area (Å²) in [5.41, 5.74) is 11.2. The van der Waals surface area contributed by atoms with Crippen molar-refractivity contribution in [3.8, 4) is 5.75 Å². The van der Waals surface area contributed by atoms with Crippen molar-refractivity contribution in [2.45, 2.75) is 45.8 Å². The number of nitrogens with zero attached hydrogens (tertiary/aromatic N) is 1. The van der Waals surface area contributed by atoms with Gasteiger partial charge in [-0.05, 0) is 68.5 Å². The summed E-state index contributed by atoms with van der Waals surface area (Å²) in [4.78, 5) is 13.1. The normalized spacial score (nSPS) is 15.6. The molecule has 0 radical (unpaired) electrons. The van der Waals surface area contributed by atoms with Crippen molar-refractivity contribution in [1.29, 1.82) is 0 Å². The highest BCUT2D eigenvalue weighted by Gasteiger charge is 2.24. The summed E-state index contributed by atoms with van der Waals surface area (Å²) >= 11 is 0. The van der Waals surface area contributed by atoms with Crippen LogP contribution >= 0.6 is 0 Å². The Morgan fingerprint density at radius 2 is 2.10 bits per heavy atom. The van der Waals surface area contributed by atoms with Crippen molar-refractivity contribution in [2.24, 2.45) is 0 Å². The zero-order chi connectivity index (χ0) is 20.4. The summed E-state index contributed by atoms with van der Waals surface area (Å²) in [6.07, 6.45) is 2.92. The lowest BCUT2D eigenvalue weighted by Gasteiger charge is -2.27. The van der Waals surface area contributed by atoms with Gasteiger partial charge >= 0.3 is 0 Å². The highest BCUT2D eigenvalue weighted by molar-refractivity contribution is 5.97. The van der Waals surface area contributed by atoms with Crippen molar-refractivity contribution >= 4 is 11.6 Å². The number of nitrogens with one attached hydrogen (secondary N) is 1. The van der Waals surface area contributed by atoms with Gasteiger partial charge in [-0.15, -0.1) is 0 Å². The van der Waals surface area contributed by atoms with E-state index in [1.807, 2.05) is 50.2 Å². The average Bonchev–Trinajstić information content (AvgIpc) is 3.04. The number of carbonyl (C=O) groups excluding carboxylic acids is 1. The fourth-order valence-corrected chi connectivity index (χ4v) is 3.86. The van der Waals surface area contributed by atoms with Crippen molar-refractivity contribution in [3.05, 3.63) is 76.2 Å². The third kappa shape index (κ3) is 3.97. The maximum absolute atomic E-state index is 13.1. The maximum atomic E-state index is 13.1. The molecule has 1 atom stereocenters. The molecule has 1 aliphatic carbocycles. The van der Waals surface area contributed by atoms with Gasteiger partial charge in [-0.25, -0.2) is 0 Å². The number of hydrogen-bond acceptors (Lipinski definition) is 5. The zero-order valence-electron chi connectivity index (χ0n) is 16.7. The highest BCUT2D eigenvalue weighted by atomic mass is 16.5. The number of amides is 1. The number of carbonyl (C=O) groups is 1. The molecule has 1 aromatic heterocycles. The molecule has 3 aromatic rings. The van der Waals surface area contributed by atoms with Crippen LogP contribution in [0.25, 0.3) is 0 Å². The lowest BCUT2D eigenvalue weighted by atomic mass is 9.87. The van der Waals surface area contributed by atoms with Gasteiger partial charge in [-0.2, -0.15) is 0 Å². The van der Waals surface area contributed by atoms with E-state index < -0.39 is 0 Å². The molecule has 0 fully saturated rings. The van der Waals surface area contributed by atoms with Crippen LogP contribution < -0.4 is 15.8 Å². The van der Waals surface area contributed by atoms with Crippen molar-refractivity contribution in [3.63, 3.8) is 0 Å². The van der Waals surface area contributed by atoms with Crippen LogP contribution in [0.4, 0.5) is 5.69 Å². The van der Waals surface area contributed by atoms with Crippen LogP contribution in [0.5, 0.6) is 5.75 Å². The van der Waals surface area contributed by atoms with Gasteiger partial charge in [0.05, 0.1) is 22.9 Å². The number of ether oxygens (including phenoxy) is 1. The number of fused-ring (bicyclic) bond motifs is 1. The van der Waals surface area contributed by atoms with Gasteiger partial charge in [0.1, 0.15) is 18.1 Å². The molecule has 150 valence electrons. The van der Waals surface area contributed by atoms with Gasteiger partial charge in [0.2, 0.25) is 0 Å². The van der Waals surface area contributed by atoms with E-state index in [0.29, 0.717) is 17.9 Å². The number of nitrogen functional groups attached to an aromatic ring is 1. The summed E-state index contributed by atoms with van der Waals surface area (Å²) in [6, 6.07) is 13.2. The number of rotatable bonds is 5. The predicted molar refractivity (Wildman–Crippen MR) is 111 cm³/mol. The van der Waals surface area contributed by atoms with E-state index in [0.717, 1.165) is 47.5 Å². The molecule has 3 N–H and O–H groups in total. The van der Waals surface area contributed by atoms with Crippen molar-refractivity contribution < 1.29 is 14.1 Å². The Kier molecular flexibility index (Phi) is 5.25. The van der Waals surface area contributed by atoms with Gasteiger partial charge < -0.3 is 20.3 Å². The van der Waals surface area contributed by atoms with Crippen LogP contribution in [0.15, 0.2) is 47.0 Å². The topological polar surface area (TPSA) is 90.4 Å². The number of aryl methyl sites for hydroxylation is 3. The first-order valence-electron chi connectivity index (χ1n) is 9.85. The number of nitrogens with two attached hydrogens (primary N) is 1. The first kappa shape index (κ1) is 19.1. The standard InChI is InChI=1S/C23H25N3O3/c1-14-20(15(2)29-26-14)13-28-22-9-4-3-7-19(22)23(27)25-21-8-5-6-16-12-17(24)10-11-18(16)21/h3-4,7,9-12,21H,5-6,8,13,24H2,1-2H3,(H,25,27). The van der Waals surface area contributed by atoms with Crippen LogP contribution in [-0.4, -0.2) is 11.1 Å². The van der Waals surface area contributed by atoms with Crippen LogP contribution in [-0.2, 0) is 13.0 Å². The van der Waals surface area contributed by atoms with Gasteiger partial charge in [0.25, 0.3) is 5.91 Å². The Hall–Kier alpha value is -3.28. The molecule has 29 heavy (non-hydrogen) atoms. The van der Waals surface area contributed by atoms with Gasteiger partial charge in [0, 0.05) is 5.69 Å². The van der Waals surface area contributed by atoms with E-state index >= 15 is 0 Å². The molecular formula is C23H25N3O3. The molecular weight excluding hydrogens is 366 g/mol. The van der Waals surface area contributed by atoms with Crippen molar-refractivity contribution in [1.82, 2.24) is 10.5 Å². The number of aromatic nitrogens is 1. The van der Waals surface area contributed by atoms with E-state index in [1.165, 1.54) is 5.56 Å². The fraction of sp³-hybridized carbons (Fsp3) is 0.304. The quantitative estimate of drug-likeness (QED) is 0.634. The summed E-state index contributed by atoms with van der Waals surface area (Å²) < 4.78 is 11.1. The number of benzene rings is 2. The van der Waals surface area contributed by atoms with Crippen LogP contribution in [0, 0.1) is 13.8 Å². The van der Waals surface area contributed by atoms with Gasteiger partial charge in [-0.3, -0.25) is 4.79 Å². The zero-order valence-corrected chi connectivity index (χ0v) is 16.7. The third-order valence-corrected chi connectivity index (χ3v) is 5.47. The Morgan fingerprint density at radius 3 is 2.90 bits per heavy atom. The largest absolute Gasteiger partial charge is 0.488 e. The Bertz CT molecular complexity index is 1020. The molecule has 0 spiro atoms. The van der Waals surface area contributed by atoms with E-state index in [9.17, 15) is 4.79 Å². The molecule has 1 aliphatic rings. The Balaban J connectivity index is 1.52. The lowest BCUT2D eigenvalue weighted by Crippen LogP contribution is -2.31. The van der Waals surface area contributed by atoms with E-state index in [4.69, 9.17) is 15.0 Å². The second-order valence-electron chi connectivity index (χ2n) is 7.46. The maximum Gasteiger partial charge on any atom is 0.255 e. The summed E-state index contributed by atoms with van der Waals surface area (Å²) in [7, 11) is 0. The molecule has 0 saturated heterocycles.